The summed E-state index contributed by atoms with van der Waals surface area (Å²) >= 11 is 11.8. The van der Waals surface area contributed by atoms with Crippen LogP contribution in [-0.4, -0.2) is 41.5 Å². The van der Waals surface area contributed by atoms with Gasteiger partial charge in [0, 0.05) is 25.0 Å². The first-order valence-electron chi connectivity index (χ1n) is 7.26. The number of hydrogen-bond donors (Lipinski definition) is 1. The second kappa shape index (κ2) is 7.07. The molecule has 0 spiro atoms. The second-order valence-corrected chi connectivity index (χ2v) is 6.05. The highest BCUT2D eigenvalue weighted by molar-refractivity contribution is 6.42. The van der Waals surface area contributed by atoms with Crippen molar-refractivity contribution in [3.05, 3.63) is 52.8 Å². The zero-order chi connectivity index (χ0) is 17.1. The summed E-state index contributed by atoms with van der Waals surface area (Å²) in [6, 6.07) is 8.05. The highest BCUT2D eigenvalue weighted by atomic mass is 35.5. The van der Waals surface area contributed by atoms with E-state index in [-0.39, 0.29) is 18.5 Å². The molecule has 1 aromatic heterocycles. The first-order chi connectivity index (χ1) is 11.5. The number of nitrogens with one attached hydrogen (secondary N) is 1. The number of hydrogen-bond acceptors (Lipinski definition) is 3. The fraction of sp³-hybridized carbons (Fsp3) is 0.188. The molecule has 0 atom stereocenters. The average molecular weight is 365 g/mol. The normalized spacial score (nSPS) is 14.7. The second-order valence-electron chi connectivity index (χ2n) is 5.24. The molecular weight excluding hydrogens is 351 g/mol. The van der Waals surface area contributed by atoms with Crippen molar-refractivity contribution in [3.8, 4) is 0 Å². The van der Waals surface area contributed by atoms with Crippen molar-refractivity contribution in [1.82, 2.24) is 9.88 Å². The largest absolute Gasteiger partial charge is 0.322 e. The van der Waals surface area contributed by atoms with Crippen molar-refractivity contribution in [1.29, 1.82) is 0 Å². The van der Waals surface area contributed by atoms with Gasteiger partial charge in [0.1, 0.15) is 6.54 Å². The summed E-state index contributed by atoms with van der Waals surface area (Å²) in [6.45, 7) is 0.842. The molecule has 6 nitrogen and oxygen atoms in total. The SMILES string of the molecule is O=C(Nc1ccc(Cl)c(Cl)c1)N1CCN(c2cccnc2)C(=O)C1. The van der Waals surface area contributed by atoms with Crippen LogP contribution >= 0.6 is 23.2 Å². The van der Waals surface area contributed by atoms with Gasteiger partial charge in [0.15, 0.2) is 0 Å². The monoisotopic (exact) mass is 364 g/mol. The molecule has 8 heteroatoms. The zero-order valence-corrected chi connectivity index (χ0v) is 14.1. The fourth-order valence-electron chi connectivity index (χ4n) is 2.41. The summed E-state index contributed by atoms with van der Waals surface area (Å²) < 4.78 is 0. The summed E-state index contributed by atoms with van der Waals surface area (Å²) in [4.78, 5) is 31.7. The predicted molar refractivity (Wildman–Crippen MR) is 93.6 cm³/mol. The van der Waals surface area contributed by atoms with Crippen LogP contribution < -0.4 is 10.2 Å². The molecule has 1 saturated heterocycles. The Morgan fingerprint density at radius 1 is 1.17 bits per heavy atom. The van der Waals surface area contributed by atoms with E-state index in [1.807, 2.05) is 6.07 Å². The number of amides is 3. The van der Waals surface area contributed by atoms with E-state index in [0.717, 1.165) is 5.69 Å². The molecule has 0 bridgehead atoms. The smallest absolute Gasteiger partial charge is 0.313 e. The maximum atomic E-state index is 12.3. The molecule has 124 valence electrons. The van der Waals surface area contributed by atoms with E-state index in [9.17, 15) is 9.59 Å². The topological polar surface area (TPSA) is 65.5 Å². The maximum absolute atomic E-state index is 12.3. The molecule has 1 aliphatic rings. The number of benzene rings is 1. The van der Waals surface area contributed by atoms with Gasteiger partial charge >= 0.3 is 6.03 Å². The van der Waals surface area contributed by atoms with Crippen molar-refractivity contribution in [2.45, 2.75) is 0 Å². The van der Waals surface area contributed by atoms with Gasteiger partial charge in [0.25, 0.3) is 0 Å². The highest BCUT2D eigenvalue weighted by Gasteiger charge is 2.28. The third-order valence-corrected chi connectivity index (χ3v) is 4.38. The molecule has 24 heavy (non-hydrogen) atoms. The van der Waals surface area contributed by atoms with Gasteiger partial charge in [-0.05, 0) is 30.3 Å². The van der Waals surface area contributed by atoms with Gasteiger partial charge < -0.3 is 15.1 Å². The minimum absolute atomic E-state index is 0.00203. The molecule has 1 aromatic carbocycles. The molecule has 1 N–H and O–H groups in total. The van der Waals surface area contributed by atoms with Crippen molar-refractivity contribution in [2.24, 2.45) is 0 Å². The Bertz CT molecular complexity index is 770. The molecule has 0 unspecified atom stereocenters. The van der Waals surface area contributed by atoms with E-state index in [1.54, 1.807) is 41.6 Å². The summed E-state index contributed by atoms with van der Waals surface area (Å²) in [5, 5.41) is 3.48. The molecular formula is C16H14Cl2N4O2. The Morgan fingerprint density at radius 3 is 2.67 bits per heavy atom. The lowest BCUT2D eigenvalue weighted by atomic mass is 10.2. The molecule has 0 aliphatic carbocycles. The minimum Gasteiger partial charge on any atom is -0.313 e. The summed E-state index contributed by atoms with van der Waals surface area (Å²) in [6.07, 6.45) is 3.28. The lowest BCUT2D eigenvalue weighted by molar-refractivity contribution is -0.120. The van der Waals surface area contributed by atoms with Gasteiger partial charge in [0.2, 0.25) is 5.91 Å². The number of halogens is 2. The number of aromatic nitrogens is 1. The molecule has 0 radical (unpaired) electrons. The van der Waals surface area contributed by atoms with Crippen LogP contribution in [0.4, 0.5) is 16.2 Å². The molecule has 3 rings (SSSR count). The molecule has 1 aliphatic heterocycles. The van der Waals surface area contributed by atoms with E-state index in [4.69, 9.17) is 23.2 Å². The number of nitrogens with zero attached hydrogens (tertiary/aromatic N) is 3. The Hall–Kier alpha value is -2.31. The van der Waals surface area contributed by atoms with Crippen LogP contribution in [0, 0.1) is 0 Å². The molecule has 3 amide bonds. The Balaban J connectivity index is 1.64. The first kappa shape index (κ1) is 16.5. The van der Waals surface area contributed by atoms with E-state index in [0.29, 0.717) is 28.8 Å². The summed E-state index contributed by atoms with van der Waals surface area (Å²) in [5.41, 5.74) is 1.25. The van der Waals surface area contributed by atoms with Gasteiger partial charge in [-0.1, -0.05) is 23.2 Å². The molecule has 2 aromatic rings. The molecule has 0 saturated carbocycles. The Labute approximate surface area is 149 Å². The number of carbonyl (C=O) groups excluding carboxylic acids is 2. The van der Waals surface area contributed by atoms with Gasteiger partial charge in [0.05, 0.1) is 21.9 Å². The van der Waals surface area contributed by atoms with Gasteiger partial charge in [-0.2, -0.15) is 0 Å². The number of urea groups is 1. The summed E-state index contributed by atoms with van der Waals surface area (Å²) in [7, 11) is 0. The minimum atomic E-state index is -0.354. The maximum Gasteiger partial charge on any atom is 0.322 e. The van der Waals surface area contributed by atoms with Crippen molar-refractivity contribution in [2.75, 3.05) is 29.9 Å². The number of anilines is 2. The van der Waals surface area contributed by atoms with Crippen LogP contribution in [-0.2, 0) is 4.79 Å². The molecule has 2 heterocycles. The van der Waals surface area contributed by atoms with Crippen LogP contribution in [0.15, 0.2) is 42.7 Å². The van der Waals surface area contributed by atoms with Crippen LogP contribution in [0.2, 0.25) is 10.0 Å². The van der Waals surface area contributed by atoms with E-state index in [1.165, 1.54) is 4.90 Å². The Morgan fingerprint density at radius 2 is 2.00 bits per heavy atom. The van der Waals surface area contributed by atoms with Crippen LogP contribution in [0.3, 0.4) is 0 Å². The quantitative estimate of drug-likeness (QED) is 0.889. The number of piperazine rings is 1. The predicted octanol–water partition coefficient (Wildman–Crippen LogP) is 3.27. The highest BCUT2D eigenvalue weighted by Crippen LogP contribution is 2.25. The van der Waals surface area contributed by atoms with Gasteiger partial charge in [-0.3, -0.25) is 9.78 Å². The number of rotatable bonds is 2. The standard InChI is InChI=1S/C16H14Cl2N4O2/c17-13-4-3-11(8-14(13)18)20-16(24)21-6-7-22(15(23)10-21)12-2-1-5-19-9-12/h1-5,8-9H,6-7,10H2,(H,20,24). The van der Waals surface area contributed by atoms with Crippen LogP contribution in [0.5, 0.6) is 0 Å². The summed E-state index contributed by atoms with van der Waals surface area (Å²) in [5.74, 6) is -0.154. The third-order valence-electron chi connectivity index (χ3n) is 3.64. The number of pyridine rings is 1. The lowest BCUT2D eigenvalue weighted by Crippen LogP contribution is -2.53. The third kappa shape index (κ3) is 3.60. The Kier molecular flexibility index (Phi) is 4.87. The van der Waals surface area contributed by atoms with Crippen molar-refractivity contribution >= 4 is 46.5 Å². The van der Waals surface area contributed by atoms with Crippen LogP contribution in [0.25, 0.3) is 0 Å². The van der Waals surface area contributed by atoms with Gasteiger partial charge in [-0.25, -0.2) is 4.79 Å². The van der Waals surface area contributed by atoms with Crippen molar-refractivity contribution in [3.63, 3.8) is 0 Å². The first-order valence-corrected chi connectivity index (χ1v) is 8.01. The number of carbonyl (C=O) groups is 2. The van der Waals surface area contributed by atoms with Gasteiger partial charge in [-0.15, -0.1) is 0 Å². The fourth-order valence-corrected chi connectivity index (χ4v) is 2.71. The van der Waals surface area contributed by atoms with Crippen LogP contribution in [0.1, 0.15) is 0 Å². The van der Waals surface area contributed by atoms with Crippen molar-refractivity contribution < 1.29 is 9.59 Å². The van der Waals surface area contributed by atoms with E-state index in [2.05, 4.69) is 10.3 Å². The van der Waals surface area contributed by atoms with E-state index >= 15 is 0 Å². The average Bonchev–Trinajstić information content (AvgIpc) is 2.59. The van der Waals surface area contributed by atoms with E-state index < -0.39 is 0 Å². The lowest BCUT2D eigenvalue weighted by Gasteiger charge is -2.34. The zero-order valence-electron chi connectivity index (χ0n) is 12.6. The molecule has 1 fully saturated rings.